The van der Waals surface area contributed by atoms with Gasteiger partial charge in [0.05, 0.1) is 24.9 Å². The third-order valence-corrected chi connectivity index (χ3v) is 5.65. The highest BCUT2D eigenvalue weighted by molar-refractivity contribution is 5.91. The van der Waals surface area contributed by atoms with Gasteiger partial charge in [-0.15, -0.1) is 0 Å². The number of hydrogen-bond donors (Lipinski definition) is 1. The number of oxazole rings is 1. The van der Waals surface area contributed by atoms with E-state index in [0.717, 1.165) is 17.7 Å². The minimum Gasteiger partial charge on any atom is -0.467 e. The van der Waals surface area contributed by atoms with Crippen molar-refractivity contribution in [3.8, 4) is 11.5 Å². The summed E-state index contributed by atoms with van der Waals surface area (Å²) in [6.45, 7) is 1.01. The Morgan fingerprint density at radius 2 is 1.76 bits per heavy atom. The van der Waals surface area contributed by atoms with E-state index >= 15 is 0 Å². The van der Waals surface area contributed by atoms with Gasteiger partial charge in [-0.1, -0.05) is 24.3 Å². The zero-order chi connectivity index (χ0) is 25.8. The van der Waals surface area contributed by atoms with Gasteiger partial charge in [0, 0.05) is 13.1 Å². The Hall–Kier alpha value is -4.25. The van der Waals surface area contributed by atoms with Gasteiger partial charge < -0.3 is 23.6 Å². The van der Waals surface area contributed by atoms with E-state index in [1.165, 1.54) is 18.6 Å². The minimum atomic E-state index is -4.45. The second kappa shape index (κ2) is 10.4. The zero-order valence-electron chi connectivity index (χ0n) is 19.5. The Morgan fingerprint density at radius 1 is 0.946 bits per heavy atom. The number of furan rings is 1. The summed E-state index contributed by atoms with van der Waals surface area (Å²) in [5.41, 5.74) is 0.695. The van der Waals surface area contributed by atoms with E-state index < -0.39 is 17.6 Å². The van der Waals surface area contributed by atoms with Crippen molar-refractivity contribution in [2.75, 3.05) is 6.79 Å². The summed E-state index contributed by atoms with van der Waals surface area (Å²) in [6, 6.07) is 14.1. The molecule has 0 saturated carbocycles. The summed E-state index contributed by atoms with van der Waals surface area (Å²) in [4.78, 5) is 18.6. The molecule has 1 aliphatic rings. The van der Waals surface area contributed by atoms with Crippen LogP contribution in [-0.4, -0.2) is 22.6 Å². The first-order chi connectivity index (χ1) is 17.8. The van der Waals surface area contributed by atoms with Gasteiger partial charge in [-0.05, 0) is 41.5 Å². The maximum absolute atomic E-state index is 13.2. The first-order valence-corrected chi connectivity index (χ1v) is 11.4. The Labute approximate surface area is 209 Å². The van der Waals surface area contributed by atoms with E-state index in [1.54, 1.807) is 24.3 Å². The molecule has 37 heavy (non-hydrogen) atoms. The molecule has 0 bridgehead atoms. The van der Waals surface area contributed by atoms with Crippen molar-refractivity contribution in [1.82, 2.24) is 15.2 Å². The molecule has 2 aromatic carbocycles. The van der Waals surface area contributed by atoms with Gasteiger partial charge in [0.25, 0.3) is 5.91 Å². The number of ether oxygens (including phenoxy) is 2. The summed E-state index contributed by atoms with van der Waals surface area (Å²) in [6.07, 6.45) is -1.69. The molecule has 5 rings (SSSR count). The minimum absolute atomic E-state index is 0.0867. The molecule has 0 saturated heterocycles. The molecule has 2 aromatic heterocycles. The molecular formula is C26H22F3N3O5. The summed E-state index contributed by atoms with van der Waals surface area (Å²) in [5.74, 6) is 1.63. The molecule has 192 valence electrons. The molecule has 0 spiro atoms. The number of nitrogens with zero attached hydrogens (tertiary/aromatic N) is 2. The molecule has 0 aliphatic carbocycles. The van der Waals surface area contributed by atoms with Crippen LogP contribution in [0.3, 0.4) is 0 Å². The van der Waals surface area contributed by atoms with E-state index in [0.29, 0.717) is 29.4 Å². The Balaban J connectivity index is 1.32. The van der Waals surface area contributed by atoms with Gasteiger partial charge in [-0.3, -0.25) is 9.69 Å². The fourth-order valence-corrected chi connectivity index (χ4v) is 3.92. The van der Waals surface area contributed by atoms with Gasteiger partial charge in [0.2, 0.25) is 12.7 Å². The van der Waals surface area contributed by atoms with Crippen LogP contribution in [0.1, 0.15) is 38.8 Å². The highest BCUT2D eigenvalue weighted by atomic mass is 19.4. The number of carbonyl (C=O) groups is 1. The van der Waals surface area contributed by atoms with Gasteiger partial charge in [0.15, 0.2) is 17.2 Å². The monoisotopic (exact) mass is 513 g/mol. The summed E-state index contributed by atoms with van der Waals surface area (Å²) in [5, 5.41) is 2.69. The molecule has 3 heterocycles. The number of hydrogen-bond acceptors (Lipinski definition) is 7. The second-order valence-corrected chi connectivity index (χ2v) is 8.42. The number of alkyl halides is 3. The number of nitrogens with one attached hydrogen (secondary N) is 1. The van der Waals surface area contributed by atoms with Crippen LogP contribution in [0.25, 0.3) is 0 Å². The van der Waals surface area contributed by atoms with E-state index in [1.807, 2.05) is 17.0 Å². The van der Waals surface area contributed by atoms with Crippen molar-refractivity contribution >= 4 is 5.91 Å². The number of aromatic nitrogens is 1. The lowest BCUT2D eigenvalue weighted by Crippen LogP contribution is -2.24. The first kappa shape index (κ1) is 24.4. The summed E-state index contributed by atoms with van der Waals surface area (Å²) < 4.78 is 61.3. The Kier molecular flexibility index (Phi) is 6.87. The number of amides is 1. The Morgan fingerprint density at radius 3 is 2.54 bits per heavy atom. The van der Waals surface area contributed by atoms with Crippen LogP contribution < -0.4 is 14.8 Å². The van der Waals surface area contributed by atoms with Gasteiger partial charge in [0.1, 0.15) is 12.0 Å². The van der Waals surface area contributed by atoms with Crippen LogP contribution in [-0.2, 0) is 32.4 Å². The van der Waals surface area contributed by atoms with Crippen LogP contribution in [0, 0.1) is 0 Å². The van der Waals surface area contributed by atoms with E-state index in [2.05, 4.69) is 10.3 Å². The van der Waals surface area contributed by atoms with Gasteiger partial charge >= 0.3 is 6.18 Å². The van der Waals surface area contributed by atoms with E-state index in [-0.39, 0.29) is 38.0 Å². The lowest BCUT2D eigenvalue weighted by atomic mass is 10.1. The highest BCUT2D eigenvalue weighted by Crippen LogP contribution is 2.33. The number of carbonyl (C=O) groups excluding carboxylic acids is 1. The van der Waals surface area contributed by atoms with Crippen molar-refractivity contribution in [2.45, 2.75) is 32.4 Å². The average Bonchev–Trinajstić information content (AvgIpc) is 3.64. The van der Waals surface area contributed by atoms with Crippen molar-refractivity contribution in [3.05, 3.63) is 101 Å². The fourth-order valence-electron chi connectivity index (χ4n) is 3.92. The highest BCUT2D eigenvalue weighted by Gasteiger charge is 2.30. The standard InChI is InChI=1S/C26H22F3N3O5/c27-26(28,29)19-4-1-3-17(9-19)12-32(13-18-6-7-22-23(10-18)37-16-36-22)14-24-31-21(15-35-24)25(33)30-11-20-5-2-8-34-20/h1-10,15H,11-14,16H2,(H,30,33). The molecule has 0 fully saturated rings. The molecule has 1 aliphatic heterocycles. The maximum atomic E-state index is 13.2. The number of halogens is 3. The average molecular weight is 513 g/mol. The molecule has 11 heteroatoms. The SMILES string of the molecule is O=C(NCc1ccco1)c1coc(CN(Cc2cccc(C(F)(F)F)c2)Cc2ccc3c(c2)OCO3)n1. The van der Waals surface area contributed by atoms with Crippen LogP contribution in [0.5, 0.6) is 11.5 Å². The summed E-state index contributed by atoms with van der Waals surface area (Å²) >= 11 is 0. The number of fused-ring (bicyclic) bond motifs is 1. The van der Waals surface area contributed by atoms with Crippen LogP contribution in [0.2, 0.25) is 0 Å². The quantitative estimate of drug-likeness (QED) is 0.331. The van der Waals surface area contributed by atoms with E-state index in [9.17, 15) is 18.0 Å². The lowest BCUT2D eigenvalue weighted by molar-refractivity contribution is -0.137. The zero-order valence-corrected chi connectivity index (χ0v) is 19.5. The molecule has 0 atom stereocenters. The van der Waals surface area contributed by atoms with Crippen LogP contribution in [0.15, 0.2) is 76.0 Å². The topological polar surface area (TPSA) is 90.0 Å². The van der Waals surface area contributed by atoms with Crippen molar-refractivity contribution in [3.63, 3.8) is 0 Å². The second-order valence-electron chi connectivity index (χ2n) is 8.42. The third-order valence-electron chi connectivity index (χ3n) is 5.65. The molecule has 4 aromatic rings. The molecule has 0 radical (unpaired) electrons. The summed E-state index contributed by atoms with van der Waals surface area (Å²) in [7, 11) is 0. The predicted octanol–water partition coefficient (Wildman–Crippen LogP) is 5.15. The van der Waals surface area contributed by atoms with Crippen molar-refractivity contribution in [2.24, 2.45) is 0 Å². The number of benzene rings is 2. The van der Waals surface area contributed by atoms with Gasteiger partial charge in [-0.2, -0.15) is 13.2 Å². The maximum Gasteiger partial charge on any atom is 0.416 e. The van der Waals surface area contributed by atoms with Crippen LogP contribution in [0.4, 0.5) is 13.2 Å². The largest absolute Gasteiger partial charge is 0.467 e. The molecule has 8 nitrogen and oxygen atoms in total. The van der Waals surface area contributed by atoms with Gasteiger partial charge in [-0.25, -0.2) is 4.98 Å². The van der Waals surface area contributed by atoms with Crippen LogP contribution >= 0.6 is 0 Å². The molecule has 1 amide bonds. The third kappa shape index (κ3) is 6.12. The molecular weight excluding hydrogens is 491 g/mol. The van der Waals surface area contributed by atoms with Crippen molar-refractivity contribution < 1.29 is 36.3 Å². The fraction of sp³-hybridized carbons (Fsp3) is 0.231. The molecule has 0 unspecified atom stereocenters. The Bertz CT molecular complexity index is 1370. The van der Waals surface area contributed by atoms with Crippen molar-refractivity contribution in [1.29, 1.82) is 0 Å². The molecule has 1 N–H and O–H groups in total. The normalized spacial score (nSPS) is 12.8. The predicted molar refractivity (Wildman–Crippen MR) is 123 cm³/mol. The lowest BCUT2D eigenvalue weighted by Gasteiger charge is -2.22. The van der Waals surface area contributed by atoms with E-state index in [4.69, 9.17) is 18.3 Å². The number of rotatable bonds is 9. The first-order valence-electron chi connectivity index (χ1n) is 11.4. The smallest absolute Gasteiger partial charge is 0.416 e.